The standard InChI is InChI=1S/C11H20N4/c1-11(8-12)3-4-15(9-11)7-10-5-13-14(2)6-10/h5-6H,3-4,7-9,12H2,1-2H3. The molecule has 0 amide bonds. The van der Waals surface area contributed by atoms with Gasteiger partial charge in [-0.1, -0.05) is 6.92 Å². The molecular weight excluding hydrogens is 188 g/mol. The molecule has 4 heteroatoms. The third-order valence-corrected chi connectivity index (χ3v) is 3.29. The molecule has 2 rings (SSSR count). The number of hydrogen-bond acceptors (Lipinski definition) is 3. The zero-order valence-corrected chi connectivity index (χ0v) is 9.61. The lowest BCUT2D eigenvalue weighted by Crippen LogP contribution is -2.31. The molecule has 0 aromatic carbocycles. The molecule has 2 N–H and O–H groups in total. The summed E-state index contributed by atoms with van der Waals surface area (Å²) < 4.78 is 1.85. The van der Waals surface area contributed by atoms with E-state index in [0.717, 1.165) is 26.2 Å². The molecule has 0 aliphatic carbocycles. The van der Waals surface area contributed by atoms with Gasteiger partial charge in [-0.15, -0.1) is 0 Å². The molecule has 0 saturated carbocycles. The number of aromatic nitrogens is 2. The fourth-order valence-electron chi connectivity index (χ4n) is 2.24. The fraction of sp³-hybridized carbons (Fsp3) is 0.727. The van der Waals surface area contributed by atoms with E-state index in [1.165, 1.54) is 12.0 Å². The van der Waals surface area contributed by atoms with E-state index < -0.39 is 0 Å². The molecule has 0 radical (unpaired) electrons. The Bertz CT molecular complexity index is 333. The summed E-state index contributed by atoms with van der Waals surface area (Å²) in [6, 6.07) is 0. The lowest BCUT2D eigenvalue weighted by Gasteiger charge is -2.22. The first-order valence-electron chi connectivity index (χ1n) is 5.51. The summed E-state index contributed by atoms with van der Waals surface area (Å²) in [4.78, 5) is 2.46. The molecule has 1 aliphatic rings. The van der Waals surface area contributed by atoms with Crippen molar-refractivity contribution in [2.45, 2.75) is 19.9 Å². The monoisotopic (exact) mass is 208 g/mol. The van der Waals surface area contributed by atoms with Gasteiger partial charge < -0.3 is 5.73 Å². The Morgan fingerprint density at radius 2 is 2.40 bits per heavy atom. The predicted octanol–water partition coefficient (Wildman–Crippen LogP) is 0.591. The second kappa shape index (κ2) is 3.94. The highest BCUT2D eigenvalue weighted by Gasteiger charge is 2.32. The molecule has 1 aromatic rings. The van der Waals surface area contributed by atoms with Crippen molar-refractivity contribution < 1.29 is 0 Å². The highest BCUT2D eigenvalue weighted by Crippen LogP contribution is 2.29. The van der Waals surface area contributed by atoms with Crippen LogP contribution in [-0.2, 0) is 13.6 Å². The van der Waals surface area contributed by atoms with Crippen LogP contribution in [0, 0.1) is 5.41 Å². The molecule has 1 fully saturated rings. The van der Waals surface area contributed by atoms with Gasteiger partial charge in [-0.2, -0.15) is 5.10 Å². The van der Waals surface area contributed by atoms with Crippen LogP contribution >= 0.6 is 0 Å². The molecule has 4 nitrogen and oxygen atoms in total. The maximum atomic E-state index is 5.78. The van der Waals surface area contributed by atoms with Crippen LogP contribution in [0.5, 0.6) is 0 Å². The third kappa shape index (κ3) is 2.38. The van der Waals surface area contributed by atoms with E-state index in [4.69, 9.17) is 5.73 Å². The summed E-state index contributed by atoms with van der Waals surface area (Å²) in [5.74, 6) is 0. The van der Waals surface area contributed by atoms with Crippen molar-refractivity contribution in [1.82, 2.24) is 14.7 Å². The van der Waals surface area contributed by atoms with Crippen LogP contribution in [0.25, 0.3) is 0 Å². The van der Waals surface area contributed by atoms with E-state index in [0.29, 0.717) is 5.41 Å². The van der Waals surface area contributed by atoms with Crippen LogP contribution in [-0.4, -0.2) is 34.3 Å². The number of nitrogens with zero attached hydrogens (tertiary/aromatic N) is 3. The van der Waals surface area contributed by atoms with Crippen LogP contribution in [0.15, 0.2) is 12.4 Å². The Balaban J connectivity index is 1.92. The molecule has 1 unspecified atom stereocenters. The van der Waals surface area contributed by atoms with E-state index in [9.17, 15) is 0 Å². The normalized spacial score (nSPS) is 27.4. The number of likely N-dealkylation sites (tertiary alicyclic amines) is 1. The van der Waals surface area contributed by atoms with Crippen molar-refractivity contribution in [2.24, 2.45) is 18.2 Å². The Labute approximate surface area is 91.1 Å². The van der Waals surface area contributed by atoms with Crippen LogP contribution in [0.1, 0.15) is 18.9 Å². The molecule has 84 valence electrons. The van der Waals surface area contributed by atoms with Gasteiger partial charge in [0.05, 0.1) is 6.20 Å². The van der Waals surface area contributed by atoms with E-state index in [-0.39, 0.29) is 0 Å². The van der Waals surface area contributed by atoms with Crippen molar-refractivity contribution in [2.75, 3.05) is 19.6 Å². The summed E-state index contributed by atoms with van der Waals surface area (Å²) in [5, 5.41) is 4.18. The minimum absolute atomic E-state index is 0.322. The van der Waals surface area contributed by atoms with Gasteiger partial charge in [-0.25, -0.2) is 0 Å². The van der Waals surface area contributed by atoms with Crippen molar-refractivity contribution in [3.05, 3.63) is 18.0 Å². The second-order valence-corrected chi connectivity index (χ2v) is 5.00. The van der Waals surface area contributed by atoms with Gasteiger partial charge in [0.2, 0.25) is 0 Å². The smallest absolute Gasteiger partial charge is 0.0534 e. The number of nitrogens with two attached hydrogens (primary N) is 1. The molecule has 0 bridgehead atoms. The summed E-state index contributed by atoms with van der Waals surface area (Å²) in [6.07, 6.45) is 5.24. The van der Waals surface area contributed by atoms with Crippen molar-refractivity contribution in [3.8, 4) is 0 Å². The SMILES string of the molecule is Cn1cc(CN2CCC(C)(CN)C2)cn1. The first-order chi connectivity index (χ1) is 7.11. The Hall–Kier alpha value is -0.870. The van der Waals surface area contributed by atoms with Gasteiger partial charge in [0.1, 0.15) is 0 Å². The van der Waals surface area contributed by atoms with Gasteiger partial charge in [0, 0.05) is 31.9 Å². The first-order valence-corrected chi connectivity index (χ1v) is 5.51. The van der Waals surface area contributed by atoms with Gasteiger partial charge in [0.15, 0.2) is 0 Å². The van der Waals surface area contributed by atoms with Gasteiger partial charge >= 0.3 is 0 Å². The third-order valence-electron chi connectivity index (χ3n) is 3.29. The van der Waals surface area contributed by atoms with Crippen LogP contribution in [0.2, 0.25) is 0 Å². The van der Waals surface area contributed by atoms with Crippen LogP contribution in [0.4, 0.5) is 0 Å². The molecule has 1 saturated heterocycles. The second-order valence-electron chi connectivity index (χ2n) is 5.00. The van der Waals surface area contributed by atoms with Gasteiger partial charge in [-0.05, 0) is 24.9 Å². The Kier molecular flexibility index (Phi) is 2.80. The zero-order valence-electron chi connectivity index (χ0n) is 9.61. The maximum absolute atomic E-state index is 5.78. The minimum atomic E-state index is 0.322. The predicted molar refractivity (Wildman–Crippen MR) is 60.3 cm³/mol. The lowest BCUT2D eigenvalue weighted by atomic mass is 9.90. The molecule has 1 aliphatic heterocycles. The average Bonchev–Trinajstić information content (AvgIpc) is 2.76. The van der Waals surface area contributed by atoms with Gasteiger partial charge in [-0.3, -0.25) is 9.58 Å². The van der Waals surface area contributed by atoms with Crippen molar-refractivity contribution in [3.63, 3.8) is 0 Å². The van der Waals surface area contributed by atoms with E-state index >= 15 is 0 Å². The first kappa shape index (κ1) is 10.6. The fourth-order valence-corrected chi connectivity index (χ4v) is 2.24. The van der Waals surface area contributed by atoms with E-state index in [2.05, 4.69) is 23.1 Å². The van der Waals surface area contributed by atoms with E-state index in [1.54, 1.807) is 0 Å². The Morgan fingerprint density at radius 3 is 2.93 bits per heavy atom. The number of rotatable bonds is 3. The van der Waals surface area contributed by atoms with Crippen LogP contribution in [0.3, 0.4) is 0 Å². The number of hydrogen-bond donors (Lipinski definition) is 1. The number of aryl methyl sites for hydroxylation is 1. The Morgan fingerprint density at radius 1 is 1.60 bits per heavy atom. The maximum Gasteiger partial charge on any atom is 0.0534 e. The molecule has 1 atom stereocenters. The summed E-state index contributed by atoms with van der Waals surface area (Å²) in [5.41, 5.74) is 7.40. The lowest BCUT2D eigenvalue weighted by molar-refractivity contribution is 0.274. The van der Waals surface area contributed by atoms with Crippen LogP contribution < -0.4 is 5.73 Å². The highest BCUT2D eigenvalue weighted by molar-refractivity contribution is 5.04. The highest BCUT2D eigenvalue weighted by atomic mass is 15.2. The minimum Gasteiger partial charge on any atom is -0.330 e. The summed E-state index contributed by atoms with van der Waals surface area (Å²) in [7, 11) is 1.96. The van der Waals surface area contributed by atoms with Crippen molar-refractivity contribution >= 4 is 0 Å². The van der Waals surface area contributed by atoms with E-state index in [1.807, 2.05) is 17.9 Å². The largest absolute Gasteiger partial charge is 0.330 e. The summed E-state index contributed by atoms with van der Waals surface area (Å²) in [6.45, 7) is 6.33. The molecule has 15 heavy (non-hydrogen) atoms. The quantitative estimate of drug-likeness (QED) is 0.791. The molecule has 2 heterocycles. The van der Waals surface area contributed by atoms with Crippen molar-refractivity contribution in [1.29, 1.82) is 0 Å². The molecule has 0 spiro atoms. The molecular formula is C11H20N4. The summed E-state index contributed by atoms with van der Waals surface area (Å²) >= 11 is 0. The van der Waals surface area contributed by atoms with Gasteiger partial charge in [0.25, 0.3) is 0 Å². The average molecular weight is 208 g/mol. The topological polar surface area (TPSA) is 47.1 Å². The molecule has 1 aromatic heterocycles. The zero-order chi connectivity index (χ0) is 10.9.